The van der Waals surface area contributed by atoms with Crippen LogP contribution in [0.4, 0.5) is 0 Å². The molecule has 0 heterocycles. The molecule has 0 saturated carbocycles. The van der Waals surface area contributed by atoms with Crippen LogP contribution in [0.3, 0.4) is 0 Å². The summed E-state index contributed by atoms with van der Waals surface area (Å²) in [5.41, 5.74) is 1.24. The van der Waals surface area contributed by atoms with E-state index in [1.165, 1.54) is 5.56 Å². The quantitative estimate of drug-likeness (QED) is 0.757. The molecule has 0 fully saturated rings. The Hall–Kier alpha value is -0.870. The first-order valence-corrected chi connectivity index (χ1v) is 6.49. The van der Waals surface area contributed by atoms with Crippen molar-refractivity contribution in [3.63, 3.8) is 0 Å². The second kappa shape index (κ2) is 7.45. The van der Waals surface area contributed by atoms with Crippen LogP contribution in [0.25, 0.3) is 0 Å². The molecule has 0 saturated heterocycles. The minimum atomic E-state index is -0.129. The second-order valence-corrected chi connectivity index (χ2v) is 4.83. The second-order valence-electron chi connectivity index (χ2n) is 3.92. The van der Waals surface area contributed by atoms with Crippen LogP contribution in [0.1, 0.15) is 18.9 Å². The van der Waals surface area contributed by atoms with Crippen molar-refractivity contribution < 1.29 is 9.53 Å². The summed E-state index contributed by atoms with van der Waals surface area (Å²) in [6.45, 7) is 3.83. The summed E-state index contributed by atoms with van der Waals surface area (Å²) in [6.07, 6.45) is 0.445. The van der Waals surface area contributed by atoms with Gasteiger partial charge in [0.1, 0.15) is 0 Å². The van der Waals surface area contributed by atoms with Crippen molar-refractivity contribution >= 4 is 21.9 Å². The number of hydrogen-bond donors (Lipinski definition) is 0. The van der Waals surface area contributed by atoms with Crippen LogP contribution in [0, 0.1) is 0 Å². The lowest BCUT2D eigenvalue weighted by molar-refractivity contribution is -0.143. The maximum Gasteiger partial charge on any atom is 0.307 e. The molecule has 17 heavy (non-hydrogen) atoms. The van der Waals surface area contributed by atoms with Gasteiger partial charge in [0.25, 0.3) is 0 Å². The number of hydrogen-bond acceptors (Lipinski definition) is 3. The molecule has 0 aliphatic rings. The Morgan fingerprint density at radius 1 is 1.35 bits per heavy atom. The van der Waals surface area contributed by atoms with Gasteiger partial charge in [-0.15, -0.1) is 0 Å². The van der Waals surface area contributed by atoms with Crippen LogP contribution in [0.5, 0.6) is 0 Å². The largest absolute Gasteiger partial charge is 0.466 e. The van der Waals surface area contributed by atoms with Crippen molar-refractivity contribution in [1.82, 2.24) is 4.90 Å². The standard InChI is InChI=1S/C13H18BrNO2/c1-3-17-13(16)8-9-15(2)10-11-4-6-12(14)7-5-11/h4-7H,3,8-10H2,1-2H3. The number of rotatable bonds is 6. The molecule has 94 valence electrons. The maximum absolute atomic E-state index is 11.2. The molecule has 1 aromatic rings. The highest BCUT2D eigenvalue weighted by Crippen LogP contribution is 2.11. The smallest absolute Gasteiger partial charge is 0.307 e. The average molecular weight is 300 g/mol. The lowest BCUT2D eigenvalue weighted by atomic mass is 10.2. The summed E-state index contributed by atoms with van der Waals surface area (Å²) in [5, 5.41) is 0. The molecule has 1 aromatic carbocycles. The van der Waals surface area contributed by atoms with E-state index in [1.807, 2.05) is 26.1 Å². The van der Waals surface area contributed by atoms with Gasteiger partial charge in [-0.25, -0.2) is 0 Å². The molecular formula is C13H18BrNO2. The number of benzene rings is 1. The molecule has 0 bridgehead atoms. The zero-order chi connectivity index (χ0) is 12.7. The van der Waals surface area contributed by atoms with Gasteiger partial charge in [-0.05, 0) is 31.7 Å². The minimum absolute atomic E-state index is 0.129. The van der Waals surface area contributed by atoms with Crippen molar-refractivity contribution in [2.45, 2.75) is 19.9 Å². The van der Waals surface area contributed by atoms with E-state index in [0.29, 0.717) is 13.0 Å². The summed E-state index contributed by atoms with van der Waals surface area (Å²) >= 11 is 3.40. The van der Waals surface area contributed by atoms with Crippen LogP contribution >= 0.6 is 15.9 Å². The Kier molecular flexibility index (Phi) is 6.22. The Balaban J connectivity index is 2.31. The lowest BCUT2D eigenvalue weighted by Gasteiger charge is -2.16. The van der Waals surface area contributed by atoms with Crippen molar-refractivity contribution in [2.75, 3.05) is 20.2 Å². The summed E-state index contributed by atoms with van der Waals surface area (Å²) in [6, 6.07) is 8.19. The number of halogens is 1. The molecule has 1 rings (SSSR count). The fourth-order valence-corrected chi connectivity index (χ4v) is 1.76. The summed E-state index contributed by atoms with van der Waals surface area (Å²) in [5.74, 6) is -0.129. The fourth-order valence-electron chi connectivity index (χ4n) is 1.50. The van der Waals surface area contributed by atoms with Crippen LogP contribution in [0.15, 0.2) is 28.7 Å². The van der Waals surface area contributed by atoms with Crippen LogP contribution in [-0.2, 0) is 16.1 Å². The maximum atomic E-state index is 11.2. The van der Waals surface area contributed by atoms with E-state index in [1.54, 1.807) is 0 Å². The number of carbonyl (C=O) groups excluding carboxylic acids is 1. The van der Waals surface area contributed by atoms with Gasteiger partial charge < -0.3 is 9.64 Å². The third-order valence-corrected chi connectivity index (χ3v) is 2.90. The zero-order valence-electron chi connectivity index (χ0n) is 10.3. The monoisotopic (exact) mass is 299 g/mol. The number of nitrogens with zero attached hydrogens (tertiary/aromatic N) is 1. The highest BCUT2D eigenvalue weighted by atomic mass is 79.9. The van der Waals surface area contributed by atoms with E-state index in [9.17, 15) is 4.79 Å². The van der Waals surface area contributed by atoms with Crippen LogP contribution < -0.4 is 0 Å². The van der Waals surface area contributed by atoms with Crippen molar-refractivity contribution in [1.29, 1.82) is 0 Å². The van der Waals surface area contributed by atoms with E-state index in [2.05, 4.69) is 33.0 Å². The first-order valence-electron chi connectivity index (χ1n) is 5.70. The third kappa shape index (κ3) is 5.84. The molecule has 0 amide bonds. The predicted molar refractivity (Wildman–Crippen MR) is 71.7 cm³/mol. The molecular weight excluding hydrogens is 282 g/mol. The van der Waals surface area contributed by atoms with Gasteiger partial charge in [0.15, 0.2) is 0 Å². The van der Waals surface area contributed by atoms with E-state index in [-0.39, 0.29) is 5.97 Å². The van der Waals surface area contributed by atoms with Gasteiger partial charge in [0.2, 0.25) is 0 Å². The van der Waals surface area contributed by atoms with Crippen LogP contribution in [-0.4, -0.2) is 31.1 Å². The molecule has 0 N–H and O–H groups in total. The number of carbonyl (C=O) groups is 1. The highest BCUT2D eigenvalue weighted by molar-refractivity contribution is 9.10. The Labute approximate surface area is 111 Å². The summed E-state index contributed by atoms with van der Waals surface area (Å²) in [4.78, 5) is 13.3. The molecule has 0 radical (unpaired) electrons. The molecule has 3 nitrogen and oxygen atoms in total. The average Bonchev–Trinajstić information content (AvgIpc) is 2.30. The molecule has 0 spiro atoms. The highest BCUT2D eigenvalue weighted by Gasteiger charge is 2.05. The zero-order valence-corrected chi connectivity index (χ0v) is 11.9. The Bertz CT molecular complexity index is 351. The molecule has 0 aromatic heterocycles. The van der Waals surface area contributed by atoms with Gasteiger partial charge in [-0.2, -0.15) is 0 Å². The van der Waals surface area contributed by atoms with E-state index < -0.39 is 0 Å². The van der Waals surface area contributed by atoms with Gasteiger partial charge in [-0.3, -0.25) is 4.79 Å². The van der Waals surface area contributed by atoms with Crippen molar-refractivity contribution in [3.05, 3.63) is 34.3 Å². The Morgan fingerprint density at radius 2 is 2.00 bits per heavy atom. The van der Waals surface area contributed by atoms with Gasteiger partial charge in [0.05, 0.1) is 13.0 Å². The predicted octanol–water partition coefficient (Wildman–Crippen LogP) is 2.83. The van der Waals surface area contributed by atoms with E-state index in [0.717, 1.165) is 17.6 Å². The lowest BCUT2D eigenvalue weighted by Crippen LogP contribution is -2.22. The first-order chi connectivity index (χ1) is 8.11. The van der Waals surface area contributed by atoms with Gasteiger partial charge >= 0.3 is 5.97 Å². The Morgan fingerprint density at radius 3 is 2.59 bits per heavy atom. The van der Waals surface area contributed by atoms with Crippen molar-refractivity contribution in [3.8, 4) is 0 Å². The SMILES string of the molecule is CCOC(=O)CCN(C)Cc1ccc(Br)cc1. The summed E-state index contributed by atoms with van der Waals surface area (Å²) < 4.78 is 5.97. The van der Waals surface area contributed by atoms with Crippen molar-refractivity contribution in [2.24, 2.45) is 0 Å². The van der Waals surface area contributed by atoms with E-state index in [4.69, 9.17) is 4.74 Å². The van der Waals surface area contributed by atoms with Gasteiger partial charge in [0, 0.05) is 17.6 Å². The molecule has 0 atom stereocenters. The minimum Gasteiger partial charge on any atom is -0.466 e. The molecule has 4 heteroatoms. The normalized spacial score (nSPS) is 10.6. The van der Waals surface area contributed by atoms with E-state index >= 15 is 0 Å². The molecule has 0 aliphatic carbocycles. The summed E-state index contributed by atoms with van der Waals surface area (Å²) in [7, 11) is 2.00. The topological polar surface area (TPSA) is 29.5 Å². The number of esters is 1. The fraction of sp³-hybridized carbons (Fsp3) is 0.462. The molecule has 0 aliphatic heterocycles. The number of ether oxygens (including phenoxy) is 1. The first kappa shape index (κ1) is 14.2. The third-order valence-electron chi connectivity index (χ3n) is 2.37. The van der Waals surface area contributed by atoms with Crippen LogP contribution in [0.2, 0.25) is 0 Å². The van der Waals surface area contributed by atoms with Gasteiger partial charge in [-0.1, -0.05) is 28.1 Å². The molecule has 0 unspecified atom stereocenters.